The molecule has 0 saturated heterocycles. The molecule has 1 rings (SSSR count). The van der Waals surface area contributed by atoms with Gasteiger partial charge in [0, 0.05) is 5.56 Å². The van der Waals surface area contributed by atoms with Crippen LogP contribution in [0.15, 0.2) is 18.2 Å². The third-order valence-electron chi connectivity index (χ3n) is 2.32. The van der Waals surface area contributed by atoms with Gasteiger partial charge in [0.1, 0.15) is 12.2 Å². The highest BCUT2D eigenvalue weighted by atomic mass is 16.6. The Morgan fingerprint density at radius 2 is 1.95 bits per heavy atom. The first-order valence-electron chi connectivity index (χ1n) is 6.35. The van der Waals surface area contributed by atoms with Gasteiger partial charge in [0.05, 0.1) is 12.2 Å². The summed E-state index contributed by atoms with van der Waals surface area (Å²) in [7, 11) is 0. The van der Waals surface area contributed by atoms with Crippen molar-refractivity contribution in [2.75, 3.05) is 6.61 Å². The monoisotopic (exact) mass is 290 g/mol. The Hall–Kier alpha value is -2.32. The van der Waals surface area contributed by atoms with E-state index in [0.717, 1.165) is 0 Å². The number of terminal acetylenes is 1. The molecule has 0 aromatic heterocycles. The number of ether oxygens (including phenoxy) is 2. The number of carboxylic acid groups (broad SMARTS) is 1. The second-order valence-corrected chi connectivity index (χ2v) is 5.45. The van der Waals surface area contributed by atoms with Crippen LogP contribution in [-0.2, 0) is 20.9 Å². The molecule has 0 amide bonds. The molecule has 5 heteroatoms. The summed E-state index contributed by atoms with van der Waals surface area (Å²) in [4.78, 5) is 22.4. The average molecular weight is 290 g/mol. The number of hydrogen-bond acceptors (Lipinski definition) is 4. The average Bonchev–Trinajstić information content (AvgIpc) is 2.36. The van der Waals surface area contributed by atoms with Gasteiger partial charge in [-0.25, -0.2) is 9.59 Å². The number of hydrogen-bond donors (Lipinski definition) is 1. The van der Waals surface area contributed by atoms with E-state index in [-0.39, 0.29) is 18.8 Å². The van der Waals surface area contributed by atoms with Crippen LogP contribution in [0.5, 0.6) is 0 Å². The molecule has 0 saturated carbocycles. The molecule has 5 nitrogen and oxygen atoms in total. The van der Waals surface area contributed by atoms with E-state index in [1.165, 1.54) is 12.1 Å². The van der Waals surface area contributed by atoms with E-state index in [2.05, 4.69) is 5.92 Å². The quantitative estimate of drug-likeness (QED) is 0.665. The normalized spacial score (nSPS) is 10.8. The van der Waals surface area contributed by atoms with Crippen molar-refractivity contribution in [3.05, 3.63) is 34.9 Å². The van der Waals surface area contributed by atoms with Gasteiger partial charge in [0.2, 0.25) is 0 Å². The van der Waals surface area contributed by atoms with Crippen LogP contribution < -0.4 is 0 Å². The van der Waals surface area contributed by atoms with Crippen LogP contribution in [0.25, 0.3) is 0 Å². The standard InChI is InChI=1S/C16H18O5/c1-5-11-6-12(8-13(7-11)15(18)19)9-20-10-14(17)21-16(2,3)4/h1,6-8H,9-10H2,2-4H3,(H,18,19). The fourth-order valence-electron chi connectivity index (χ4n) is 1.61. The number of carbonyl (C=O) groups is 2. The lowest BCUT2D eigenvalue weighted by atomic mass is 10.1. The molecule has 0 spiro atoms. The minimum absolute atomic E-state index is 0.0784. The predicted molar refractivity (Wildman–Crippen MR) is 76.8 cm³/mol. The highest BCUT2D eigenvalue weighted by Gasteiger charge is 2.16. The number of carbonyl (C=O) groups excluding carboxylic acids is 1. The Morgan fingerprint density at radius 1 is 1.29 bits per heavy atom. The van der Waals surface area contributed by atoms with E-state index in [4.69, 9.17) is 21.0 Å². The number of aromatic carboxylic acids is 1. The molecule has 0 aliphatic rings. The van der Waals surface area contributed by atoms with Gasteiger partial charge in [0.25, 0.3) is 0 Å². The maximum Gasteiger partial charge on any atom is 0.335 e. The number of benzene rings is 1. The third kappa shape index (κ3) is 6.11. The summed E-state index contributed by atoms with van der Waals surface area (Å²) in [6.07, 6.45) is 5.28. The molecule has 0 aliphatic heterocycles. The molecule has 0 unspecified atom stereocenters. The van der Waals surface area contributed by atoms with E-state index >= 15 is 0 Å². The maximum atomic E-state index is 11.5. The van der Waals surface area contributed by atoms with Crippen LogP contribution in [0.3, 0.4) is 0 Å². The fraction of sp³-hybridized carbons (Fsp3) is 0.375. The molecule has 112 valence electrons. The molecular weight excluding hydrogens is 272 g/mol. The van der Waals surface area contributed by atoms with Crippen molar-refractivity contribution in [1.29, 1.82) is 0 Å². The Labute approximate surface area is 123 Å². The molecule has 0 atom stereocenters. The second kappa shape index (κ2) is 6.91. The zero-order valence-corrected chi connectivity index (χ0v) is 12.3. The Kier molecular flexibility index (Phi) is 5.51. The summed E-state index contributed by atoms with van der Waals surface area (Å²) in [6, 6.07) is 4.50. The molecule has 1 aromatic rings. The topological polar surface area (TPSA) is 72.8 Å². The smallest absolute Gasteiger partial charge is 0.335 e. The SMILES string of the molecule is C#Cc1cc(COCC(=O)OC(C)(C)C)cc(C(=O)O)c1. The van der Waals surface area contributed by atoms with E-state index in [0.29, 0.717) is 11.1 Å². The first kappa shape index (κ1) is 16.7. The highest BCUT2D eigenvalue weighted by molar-refractivity contribution is 5.88. The van der Waals surface area contributed by atoms with Gasteiger partial charge in [-0.05, 0) is 44.5 Å². The minimum atomic E-state index is -1.07. The van der Waals surface area contributed by atoms with Crippen molar-refractivity contribution in [2.24, 2.45) is 0 Å². The highest BCUT2D eigenvalue weighted by Crippen LogP contribution is 2.12. The molecule has 0 aliphatic carbocycles. The van der Waals surface area contributed by atoms with Crippen molar-refractivity contribution in [3.8, 4) is 12.3 Å². The van der Waals surface area contributed by atoms with Crippen LogP contribution >= 0.6 is 0 Å². The van der Waals surface area contributed by atoms with Crippen molar-refractivity contribution >= 4 is 11.9 Å². The molecule has 1 aromatic carbocycles. The van der Waals surface area contributed by atoms with E-state index in [1.807, 2.05) is 0 Å². The van der Waals surface area contributed by atoms with E-state index in [9.17, 15) is 9.59 Å². The summed E-state index contributed by atoms with van der Waals surface area (Å²) in [5, 5.41) is 8.99. The summed E-state index contributed by atoms with van der Waals surface area (Å²) in [6.45, 7) is 5.16. The third-order valence-corrected chi connectivity index (χ3v) is 2.32. The molecule has 0 bridgehead atoms. The molecule has 21 heavy (non-hydrogen) atoms. The number of rotatable bonds is 5. The maximum absolute atomic E-state index is 11.5. The van der Waals surface area contributed by atoms with Crippen molar-refractivity contribution in [2.45, 2.75) is 33.0 Å². The zero-order chi connectivity index (χ0) is 16.0. The first-order valence-corrected chi connectivity index (χ1v) is 6.35. The first-order chi connectivity index (χ1) is 9.71. The minimum Gasteiger partial charge on any atom is -0.478 e. The molecule has 0 radical (unpaired) electrons. The summed E-state index contributed by atoms with van der Waals surface area (Å²) in [5.74, 6) is 0.836. The zero-order valence-electron chi connectivity index (χ0n) is 12.3. The lowest BCUT2D eigenvalue weighted by molar-refractivity contribution is -0.160. The van der Waals surface area contributed by atoms with Gasteiger partial charge in [-0.3, -0.25) is 0 Å². The number of carboxylic acids is 1. The van der Waals surface area contributed by atoms with Gasteiger partial charge in [-0.1, -0.05) is 5.92 Å². The Bertz CT molecular complexity index is 575. The van der Waals surface area contributed by atoms with Gasteiger partial charge < -0.3 is 14.6 Å². The number of esters is 1. The summed E-state index contributed by atoms with van der Waals surface area (Å²) < 4.78 is 10.3. The van der Waals surface area contributed by atoms with E-state index < -0.39 is 17.5 Å². The van der Waals surface area contributed by atoms with Crippen LogP contribution in [0.4, 0.5) is 0 Å². The molecule has 0 heterocycles. The summed E-state index contributed by atoms with van der Waals surface area (Å²) >= 11 is 0. The van der Waals surface area contributed by atoms with E-state index in [1.54, 1.807) is 26.8 Å². The van der Waals surface area contributed by atoms with Crippen LogP contribution in [0, 0.1) is 12.3 Å². The Balaban J connectivity index is 2.64. The second-order valence-electron chi connectivity index (χ2n) is 5.45. The summed E-state index contributed by atoms with van der Waals surface area (Å²) in [5.41, 5.74) is 0.554. The van der Waals surface area contributed by atoms with Gasteiger partial charge >= 0.3 is 11.9 Å². The fourth-order valence-corrected chi connectivity index (χ4v) is 1.61. The largest absolute Gasteiger partial charge is 0.478 e. The molecular formula is C16H18O5. The van der Waals surface area contributed by atoms with Crippen molar-refractivity contribution in [3.63, 3.8) is 0 Å². The Morgan fingerprint density at radius 3 is 2.48 bits per heavy atom. The van der Waals surface area contributed by atoms with Crippen LogP contribution in [0.2, 0.25) is 0 Å². The molecule has 1 N–H and O–H groups in total. The van der Waals surface area contributed by atoms with Crippen molar-refractivity contribution < 1.29 is 24.2 Å². The van der Waals surface area contributed by atoms with Crippen molar-refractivity contribution in [1.82, 2.24) is 0 Å². The van der Waals surface area contributed by atoms with Crippen LogP contribution in [0.1, 0.15) is 42.3 Å². The lowest BCUT2D eigenvalue weighted by Crippen LogP contribution is -2.26. The van der Waals surface area contributed by atoms with Gasteiger partial charge in [-0.2, -0.15) is 0 Å². The molecule has 0 fully saturated rings. The predicted octanol–water partition coefficient (Wildman–Crippen LogP) is 2.22. The lowest BCUT2D eigenvalue weighted by Gasteiger charge is -2.19. The van der Waals surface area contributed by atoms with Gasteiger partial charge in [-0.15, -0.1) is 6.42 Å². The van der Waals surface area contributed by atoms with Crippen LogP contribution in [-0.4, -0.2) is 29.3 Å². The van der Waals surface area contributed by atoms with Gasteiger partial charge in [0.15, 0.2) is 0 Å².